The molecule has 90 valence electrons. The van der Waals surface area contributed by atoms with Crippen LogP contribution in [0, 0.1) is 18.3 Å². The molecule has 3 N–H and O–H groups in total. The lowest BCUT2D eigenvalue weighted by Gasteiger charge is -2.07. The number of aromatic nitrogens is 2. The third kappa shape index (κ3) is 2.95. The predicted molar refractivity (Wildman–Crippen MR) is 69.7 cm³/mol. The van der Waals surface area contributed by atoms with Gasteiger partial charge in [0.1, 0.15) is 5.82 Å². The maximum Gasteiger partial charge on any atom is 0.222 e. The molecule has 1 aromatic heterocycles. The predicted octanol–water partition coefficient (Wildman–Crippen LogP) is 1.85. The monoisotopic (exact) mass is 239 g/mol. The van der Waals surface area contributed by atoms with Crippen molar-refractivity contribution < 1.29 is 0 Å². The minimum Gasteiger partial charge on any atom is -0.368 e. The molecule has 18 heavy (non-hydrogen) atoms. The maximum absolute atomic E-state index is 8.81. The van der Waals surface area contributed by atoms with Crippen LogP contribution in [0.25, 0.3) is 0 Å². The van der Waals surface area contributed by atoms with E-state index >= 15 is 0 Å². The molecular formula is C13H13N5. The van der Waals surface area contributed by atoms with Gasteiger partial charge in [0, 0.05) is 18.3 Å². The van der Waals surface area contributed by atoms with E-state index in [9.17, 15) is 0 Å². The molecule has 0 aliphatic carbocycles. The van der Waals surface area contributed by atoms with Gasteiger partial charge < -0.3 is 11.1 Å². The molecular weight excluding hydrogens is 226 g/mol. The summed E-state index contributed by atoms with van der Waals surface area (Å²) in [4.78, 5) is 8.08. The van der Waals surface area contributed by atoms with Gasteiger partial charge in [-0.05, 0) is 24.6 Å². The van der Waals surface area contributed by atoms with Crippen LogP contribution >= 0.6 is 0 Å². The van der Waals surface area contributed by atoms with E-state index in [2.05, 4.69) is 21.4 Å². The first-order valence-electron chi connectivity index (χ1n) is 5.51. The molecule has 2 rings (SSSR count). The van der Waals surface area contributed by atoms with Crippen molar-refractivity contribution in [1.29, 1.82) is 5.26 Å². The van der Waals surface area contributed by atoms with Crippen LogP contribution in [0.5, 0.6) is 0 Å². The van der Waals surface area contributed by atoms with Gasteiger partial charge in [-0.25, -0.2) is 4.98 Å². The highest BCUT2D eigenvalue weighted by Crippen LogP contribution is 2.10. The maximum atomic E-state index is 8.81. The molecule has 0 saturated heterocycles. The number of nitrogen functional groups attached to an aromatic ring is 1. The number of aryl methyl sites for hydroxylation is 1. The number of hydrogen-bond acceptors (Lipinski definition) is 5. The summed E-state index contributed by atoms with van der Waals surface area (Å²) in [7, 11) is 0. The van der Waals surface area contributed by atoms with Gasteiger partial charge in [-0.15, -0.1) is 0 Å². The van der Waals surface area contributed by atoms with E-state index in [1.54, 1.807) is 6.07 Å². The first kappa shape index (κ1) is 11.9. The van der Waals surface area contributed by atoms with Gasteiger partial charge in [-0.3, -0.25) is 0 Å². The third-order valence-corrected chi connectivity index (χ3v) is 2.40. The van der Waals surface area contributed by atoms with E-state index < -0.39 is 0 Å². The van der Waals surface area contributed by atoms with Crippen molar-refractivity contribution in [2.75, 3.05) is 11.1 Å². The Morgan fingerprint density at radius 2 is 2.17 bits per heavy atom. The molecule has 0 spiro atoms. The van der Waals surface area contributed by atoms with Crippen molar-refractivity contribution in [3.63, 3.8) is 0 Å². The topological polar surface area (TPSA) is 87.6 Å². The van der Waals surface area contributed by atoms with E-state index in [4.69, 9.17) is 11.0 Å². The van der Waals surface area contributed by atoms with Gasteiger partial charge in [0.25, 0.3) is 0 Å². The van der Waals surface area contributed by atoms with Crippen LogP contribution < -0.4 is 11.1 Å². The molecule has 0 amide bonds. The molecule has 2 aromatic rings. The third-order valence-electron chi connectivity index (χ3n) is 2.40. The fourth-order valence-corrected chi connectivity index (χ4v) is 1.63. The SMILES string of the molecule is Cc1cc(NCc2cccc(C#N)c2)nc(N)n1. The van der Waals surface area contributed by atoms with Gasteiger partial charge >= 0.3 is 0 Å². The fourth-order valence-electron chi connectivity index (χ4n) is 1.63. The number of nitrogens with two attached hydrogens (primary N) is 1. The molecule has 0 aliphatic rings. The van der Waals surface area contributed by atoms with Crippen molar-refractivity contribution in [1.82, 2.24) is 9.97 Å². The second kappa shape index (κ2) is 5.15. The summed E-state index contributed by atoms with van der Waals surface area (Å²) in [5.41, 5.74) is 8.05. The first-order chi connectivity index (χ1) is 8.67. The van der Waals surface area contributed by atoms with Gasteiger partial charge in [0.05, 0.1) is 11.6 Å². The lowest BCUT2D eigenvalue weighted by atomic mass is 10.1. The molecule has 1 aromatic carbocycles. The average Bonchev–Trinajstić information content (AvgIpc) is 2.35. The average molecular weight is 239 g/mol. The molecule has 0 unspecified atom stereocenters. The Morgan fingerprint density at radius 3 is 2.89 bits per heavy atom. The van der Waals surface area contributed by atoms with E-state index in [0.717, 1.165) is 11.3 Å². The van der Waals surface area contributed by atoms with Crippen molar-refractivity contribution >= 4 is 11.8 Å². The molecule has 5 nitrogen and oxygen atoms in total. The number of anilines is 2. The molecule has 0 bridgehead atoms. The molecule has 0 fully saturated rings. The lowest BCUT2D eigenvalue weighted by molar-refractivity contribution is 1.06. The molecule has 0 atom stereocenters. The van der Waals surface area contributed by atoms with Gasteiger partial charge in [0.15, 0.2) is 0 Å². The number of nitrogens with zero attached hydrogens (tertiary/aromatic N) is 3. The molecule has 0 aliphatic heterocycles. The second-order valence-electron chi connectivity index (χ2n) is 3.92. The van der Waals surface area contributed by atoms with Crippen LogP contribution in [0.3, 0.4) is 0 Å². The van der Waals surface area contributed by atoms with Crippen LogP contribution in [-0.4, -0.2) is 9.97 Å². The van der Waals surface area contributed by atoms with E-state index in [-0.39, 0.29) is 5.95 Å². The minimum absolute atomic E-state index is 0.253. The fraction of sp³-hybridized carbons (Fsp3) is 0.154. The Hall–Kier alpha value is -2.61. The van der Waals surface area contributed by atoms with E-state index in [1.165, 1.54) is 0 Å². The van der Waals surface area contributed by atoms with Crippen molar-refractivity contribution in [3.05, 3.63) is 47.2 Å². The Bertz CT molecular complexity index is 580. The molecule has 5 heteroatoms. The molecule has 1 heterocycles. The number of rotatable bonds is 3. The number of nitriles is 1. The van der Waals surface area contributed by atoms with Crippen LogP contribution in [0.2, 0.25) is 0 Å². The Morgan fingerprint density at radius 1 is 1.33 bits per heavy atom. The largest absolute Gasteiger partial charge is 0.368 e. The van der Waals surface area contributed by atoms with E-state index in [0.29, 0.717) is 17.9 Å². The summed E-state index contributed by atoms with van der Waals surface area (Å²) in [5.74, 6) is 0.936. The highest BCUT2D eigenvalue weighted by atomic mass is 15.1. The highest BCUT2D eigenvalue weighted by molar-refractivity contribution is 5.41. The number of benzene rings is 1. The first-order valence-corrected chi connectivity index (χ1v) is 5.51. The van der Waals surface area contributed by atoms with Gasteiger partial charge in [-0.1, -0.05) is 12.1 Å². The van der Waals surface area contributed by atoms with Crippen LogP contribution in [0.4, 0.5) is 11.8 Å². The zero-order chi connectivity index (χ0) is 13.0. The Balaban J connectivity index is 2.09. The Kier molecular flexibility index (Phi) is 3.39. The lowest BCUT2D eigenvalue weighted by Crippen LogP contribution is -2.05. The number of hydrogen-bond donors (Lipinski definition) is 2. The van der Waals surface area contributed by atoms with Crippen molar-refractivity contribution in [3.8, 4) is 6.07 Å². The smallest absolute Gasteiger partial charge is 0.222 e. The van der Waals surface area contributed by atoms with Crippen LogP contribution in [0.15, 0.2) is 30.3 Å². The summed E-state index contributed by atoms with van der Waals surface area (Å²) >= 11 is 0. The summed E-state index contributed by atoms with van der Waals surface area (Å²) in [6.45, 7) is 2.45. The minimum atomic E-state index is 0.253. The summed E-state index contributed by atoms with van der Waals surface area (Å²) in [6.07, 6.45) is 0. The molecule has 0 radical (unpaired) electrons. The second-order valence-corrected chi connectivity index (χ2v) is 3.92. The number of nitrogens with one attached hydrogen (secondary N) is 1. The zero-order valence-corrected chi connectivity index (χ0v) is 10.0. The van der Waals surface area contributed by atoms with Crippen LogP contribution in [0.1, 0.15) is 16.8 Å². The van der Waals surface area contributed by atoms with Gasteiger partial charge in [0.2, 0.25) is 5.95 Å². The van der Waals surface area contributed by atoms with E-state index in [1.807, 2.05) is 31.2 Å². The Labute approximate surface area is 105 Å². The summed E-state index contributed by atoms with van der Waals surface area (Å²) < 4.78 is 0. The van der Waals surface area contributed by atoms with Crippen molar-refractivity contribution in [2.45, 2.75) is 13.5 Å². The zero-order valence-electron chi connectivity index (χ0n) is 10.0. The van der Waals surface area contributed by atoms with Crippen molar-refractivity contribution in [2.24, 2.45) is 0 Å². The van der Waals surface area contributed by atoms with Crippen LogP contribution in [-0.2, 0) is 6.54 Å². The normalized spacial score (nSPS) is 9.78. The standard InChI is InChI=1S/C13H13N5/c1-9-5-12(18-13(15)17-9)16-8-11-4-2-3-10(6-11)7-14/h2-6H,8H2,1H3,(H3,15,16,17,18). The highest BCUT2D eigenvalue weighted by Gasteiger charge is 2.00. The quantitative estimate of drug-likeness (QED) is 0.853. The van der Waals surface area contributed by atoms with Gasteiger partial charge in [-0.2, -0.15) is 10.2 Å². The summed E-state index contributed by atoms with van der Waals surface area (Å²) in [5, 5.41) is 12.0. The summed E-state index contributed by atoms with van der Waals surface area (Å²) in [6, 6.07) is 11.4. The molecule has 0 saturated carbocycles.